The Kier molecular flexibility index (Phi) is 5.96. The molecular weight excluding hydrogens is 488 g/mol. The lowest BCUT2D eigenvalue weighted by molar-refractivity contribution is -0.138. The van der Waals surface area contributed by atoms with Crippen LogP contribution < -0.4 is 0 Å². The molecule has 0 bridgehead atoms. The number of aromatic carboxylic acids is 1. The second-order valence-electron chi connectivity index (χ2n) is 7.81. The van der Waals surface area contributed by atoms with Gasteiger partial charge in [0.2, 0.25) is 0 Å². The summed E-state index contributed by atoms with van der Waals surface area (Å²) in [4.78, 5) is 11.6. The van der Waals surface area contributed by atoms with Crippen LogP contribution in [0.4, 0.5) is 26.3 Å². The van der Waals surface area contributed by atoms with Crippen LogP contribution in [0.15, 0.2) is 60.7 Å². The highest BCUT2D eigenvalue weighted by Gasteiger charge is 2.35. The van der Waals surface area contributed by atoms with E-state index in [4.69, 9.17) is 0 Å². The molecule has 1 heterocycles. The summed E-state index contributed by atoms with van der Waals surface area (Å²) in [6.07, 6.45) is -9.49. The normalized spacial score (nSPS) is 11.9. The van der Waals surface area contributed by atoms with Gasteiger partial charge in [-0.3, -0.25) is 0 Å². The molecule has 4 aromatic rings. The van der Waals surface area contributed by atoms with Crippen LogP contribution in [-0.2, 0) is 19.4 Å². The van der Waals surface area contributed by atoms with Crippen molar-refractivity contribution in [3.05, 3.63) is 88.5 Å². The number of benzene rings is 3. The van der Waals surface area contributed by atoms with Gasteiger partial charge in [0.15, 0.2) is 0 Å². The minimum absolute atomic E-state index is 0.0525. The van der Waals surface area contributed by atoms with Crippen LogP contribution >= 0.6 is 0 Å². The van der Waals surface area contributed by atoms with E-state index < -0.39 is 46.3 Å². The van der Waals surface area contributed by atoms with E-state index in [0.717, 1.165) is 30.3 Å². The first-order valence-corrected chi connectivity index (χ1v) is 10.2. The number of fused-ring (bicyclic) bond motifs is 1. The van der Waals surface area contributed by atoms with Crippen LogP contribution in [-0.4, -0.2) is 20.7 Å². The van der Waals surface area contributed by atoms with Gasteiger partial charge in [0.1, 0.15) is 11.3 Å². The second kappa shape index (κ2) is 8.68. The number of carboxylic acid groups (broad SMARTS) is 1. The summed E-state index contributed by atoms with van der Waals surface area (Å²) in [5.74, 6) is 2.82. The van der Waals surface area contributed by atoms with Crippen molar-refractivity contribution in [1.82, 2.24) is 4.57 Å². The molecule has 0 fully saturated rings. The quantitative estimate of drug-likeness (QED) is 0.237. The lowest BCUT2D eigenvalue weighted by Crippen LogP contribution is -2.08. The van der Waals surface area contributed by atoms with Crippen LogP contribution in [0.25, 0.3) is 22.2 Å². The summed E-state index contributed by atoms with van der Waals surface area (Å²) >= 11 is 0. The Hall–Kier alpha value is -4.39. The Labute approximate surface area is 200 Å². The third kappa shape index (κ3) is 4.35. The van der Waals surface area contributed by atoms with Crippen LogP contribution in [0, 0.1) is 11.8 Å². The zero-order valence-electron chi connectivity index (χ0n) is 18.3. The number of nitrogens with zero attached hydrogens (tertiary/aromatic N) is 1. The number of halogens is 6. The average Bonchev–Trinajstić information content (AvgIpc) is 3.06. The number of hydrogen-bond donors (Lipinski definition) is 2. The number of rotatable bonds is 2. The first kappa shape index (κ1) is 24.7. The molecule has 0 aliphatic heterocycles. The molecule has 0 unspecified atom stereocenters. The molecular formula is C26H15F6NO3. The Morgan fingerprint density at radius 1 is 0.861 bits per heavy atom. The SMILES string of the molecule is Cn1c(-c2ccccc2C(F)(F)F)c(C#Cc2ccccc2C(F)(F)F)c2cc(C(=O)O)c(O)cc21. The first-order chi connectivity index (χ1) is 16.8. The van der Waals surface area contributed by atoms with E-state index in [9.17, 15) is 41.4 Å². The fraction of sp³-hybridized carbons (Fsp3) is 0.115. The first-order valence-electron chi connectivity index (χ1n) is 10.2. The summed E-state index contributed by atoms with van der Waals surface area (Å²) in [5.41, 5.74) is -3.39. The lowest BCUT2D eigenvalue weighted by atomic mass is 9.98. The summed E-state index contributed by atoms with van der Waals surface area (Å²) in [6.45, 7) is 0. The summed E-state index contributed by atoms with van der Waals surface area (Å²) < 4.78 is 83.2. The maximum atomic E-state index is 13.8. The van der Waals surface area contributed by atoms with Crippen LogP contribution in [0.3, 0.4) is 0 Å². The number of carboxylic acids is 1. The molecule has 0 amide bonds. The minimum Gasteiger partial charge on any atom is -0.507 e. The fourth-order valence-electron chi connectivity index (χ4n) is 3.99. The molecule has 36 heavy (non-hydrogen) atoms. The zero-order valence-corrected chi connectivity index (χ0v) is 18.3. The molecule has 4 nitrogen and oxygen atoms in total. The van der Waals surface area contributed by atoms with Gasteiger partial charge in [0, 0.05) is 29.6 Å². The highest BCUT2D eigenvalue weighted by Crippen LogP contribution is 2.42. The van der Waals surface area contributed by atoms with E-state index in [2.05, 4.69) is 11.8 Å². The standard InChI is InChI=1S/C26H15F6NO3/c1-33-21-13-22(34)18(24(35)36)12-17(21)15(11-10-14-6-2-4-8-19(14)25(27,28)29)23(33)16-7-3-5-9-20(16)26(30,31)32/h2-9,12-13,34H,1H3,(H,35,36). The maximum absolute atomic E-state index is 13.8. The largest absolute Gasteiger partial charge is 0.507 e. The van der Waals surface area contributed by atoms with Crippen molar-refractivity contribution in [2.45, 2.75) is 12.4 Å². The van der Waals surface area contributed by atoms with Gasteiger partial charge in [0.05, 0.1) is 27.9 Å². The van der Waals surface area contributed by atoms with Crippen molar-refractivity contribution in [1.29, 1.82) is 0 Å². The van der Waals surface area contributed by atoms with E-state index in [-0.39, 0.29) is 27.7 Å². The molecule has 184 valence electrons. The second-order valence-corrected chi connectivity index (χ2v) is 7.81. The number of carbonyl (C=O) groups is 1. The van der Waals surface area contributed by atoms with Gasteiger partial charge in [-0.15, -0.1) is 0 Å². The molecule has 0 saturated heterocycles. The van der Waals surface area contributed by atoms with Gasteiger partial charge in [-0.25, -0.2) is 4.79 Å². The summed E-state index contributed by atoms with van der Waals surface area (Å²) in [6, 6.07) is 11.1. The number of hydrogen-bond acceptors (Lipinski definition) is 2. The van der Waals surface area contributed by atoms with E-state index >= 15 is 0 Å². The maximum Gasteiger partial charge on any atom is 0.417 e. The van der Waals surface area contributed by atoms with E-state index in [0.29, 0.717) is 0 Å². The van der Waals surface area contributed by atoms with Crippen molar-refractivity contribution in [2.24, 2.45) is 7.05 Å². The number of alkyl halides is 6. The van der Waals surface area contributed by atoms with Crippen LogP contribution in [0.5, 0.6) is 5.75 Å². The fourth-order valence-corrected chi connectivity index (χ4v) is 3.99. The highest BCUT2D eigenvalue weighted by atomic mass is 19.4. The number of aromatic hydroxyl groups is 1. The van der Waals surface area contributed by atoms with Crippen LogP contribution in [0.2, 0.25) is 0 Å². The predicted octanol–water partition coefficient (Wildman–Crippen LogP) is 6.69. The van der Waals surface area contributed by atoms with E-state index in [1.54, 1.807) is 0 Å². The minimum atomic E-state index is -4.77. The molecule has 10 heteroatoms. The van der Waals surface area contributed by atoms with Crippen molar-refractivity contribution in [3.8, 4) is 28.8 Å². The van der Waals surface area contributed by atoms with E-state index in [1.807, 2.05) is 0 Å². The monoisotopic (exact) mass is 503 g/mol. The lowest BCUT2D eigenvalue weighted by Gasteiger charge is -2.14. The molecule has 0 aliphatic rings. The molecule has 0 aliphatic carbocycles. The molecule has 2 N–H and O–H groups in total. The summed E-state index contributed by atoms with van der Waals surface area (Å²) in [7, 11) is 1.39. The molecule has 1 aromatic heterocycles. The van der Waals surface area contributed by atoms with Crippen molar-refractivity contribution in [3.63, 3.8) is 0 Å². The van der Waals surface area contributed by atoms with Gasteiger partial charge in [-0.05, 0) is 24.3 Å². The number of aryl methyl sites for hydroxylation is 1. The number of phenols is 1. The van der Waals surface area contributed by atoms with Gasteiger partial charge < -0.3 is 14.8 Å². The highest BCUT2D eigenvalue weighted by molar-refractivity contribution is 6.02. The zero-order chi connectivity index (χ0) is 26.4. The Balaban J connectivity index is 2.11. The average molecular weight is 503 g/mol. The smallest absolute Gasteiger partial charge is 0.417 e. The van der Waals surface area contributed by atoms with Gasteiger partial charge in [-0.2, -0.15) is 26.3 Å². The number of aromatic nitrogens is 1. The molecule has 0 atom stereocenters. The third-order valence-electron chi connectivity index (χ3n) is 5.59. The molecule has 0 spiro atoms. The van der Waals surface area contributed by atoms with Crippen molar-refractivity contribution >= 4 is 16.9 Å². The topological polar surface area (TPSA) is 62.5 Å². The summed E-state index contributed by atoms with van der Waals surface area (Å²) in [5, 5.41) is 19.6. The molecule has 3 aromatic carbocycles. The van der Waals surface area contributed by atoms with E-state index in [1.165, 1.54) is 41.9 Å². The van der Waals surface area contributed by atoms with Gasteiger partial charge >= 0.3 is 18.3 Å². The predicted molar refractivity (Wildman–Crippen MR) is 119 cm³/mol. The Morgan fingerprint density at radius 3 is 2.06 bits per heavy atom. The Morgan fingerprint density at radius 2 is 1.44 bits per heavy atom. The third-order valence-corrected chi connectivity index (χ3v) is 5.59. The van der Waals surface area contributed by atoms with Crippen molar-refractivity contribution in [2.75, 3.05) is 0 Å². The van der Waals surface area contributed by atoms with Gasteiger partial charge in [-0.1, -0.05) is 42.2 Å². The van der Waals surface area contributed by atoms with Crippen molar-refractivity contribution < 1.29 is 41.4 Å². The van der Waals surface area contributed by atoms with Gasteiger partial charge in [0.25, 0.3) is 0 Å². The molecule has 4 rings (SSSR count). The Bertz CT molecular complexity index is 1570. The van der Waals surface area contributed by atoms with Crippen LogP contribution in [0.1, 0.15) is 32.6 Å². The molecule has 0 radical (unpaired) electrons. The molecule has 0 saturated carbocycles.